The highest BCUT2D eigenvalue weighted by Gasteiger charge is 2.40. The molecule has 2 rings (SSSR count). The maximum atomic E-state index is 11.3. The third kappa shape index (κ3) is 2.78. The number of esters is 1. The quantitative estimate of drug-likeness (QED) is 0.832. The molecular formula is C15H18O4. The van der Waals surface area contributed by atoms with E-state index < -0.39 is 24.0 Å². The van der Waals surface area contributed by atoms with E-state index in [-0.39, 0.29) is 11.8 Å². The van der Waals surface area contributed by atoms with Crippen molar-refractivity contribution < 1.29 is 19.4 Å². The smallest absolute Gasteiger partial charge is 0.311 e. The van der Waals surface area contributed by atoms with Gasteiger partial charge in [0.15, 0.2) is 0 Å². The molecule has 1 fully saturated rings. The first-order valence-electron chi connectivity index (χ1n) is 6.32. The molecular weight excluding hydrogens is 244 g/mol. The molecule has 0 radical (unpaired) electrons. The lowest BCUT2D eigenvalue weighted by atomic mass is 9.85. The number of hydrogen-bond acceptors (Lipinski definition) is 3. The molecule has 0 saturated carbocycles. The molecule has 0 aliphatic carbocycles. The molecule has 0 unspecified atom stereocenters. The third-order valence-corrected chi connectivity index (χ3v) is 3.43. The molecule has 1 saturated heterocycles. The Balaban J connectivity index is 2.27. The van der Waals surface area contributed by atoms with Gasteiger partial charge in [-0.05, 0) is 16.5 Å². The van der Waals surface area contributed by atoms with E-state index in [4.69, 9.17) is 9.84 Å². The van der Waals surface area contributed by atoms with Crippen LogP contribution < -0.4 is 0 Å². The van der Waals surface area contributed by atoms with Gasteiger partial charge in [-0.15, -0.1) is 0 Å². The molecule has 1 N–H and O–H groups in total. The average Bonchev–Trinajstić information content (AvgIpc) is 2.70. The highest BCUT2D eigenvalue weighted by molar-refractivity contribution is 5.82. The summed E-state index contributed by atoms with van der Waals surface area (Å²) in [4.78, 5) is 22.4. The summed E-state index contributed by atoms with van der Waals surface area (Å²) in [7, 11) is 0. The second-order valence-corrected chi connectivity index (χ2v) is 5.93. The van der Waals surface area contributed by atoms with Crippen molar-refractivity contribution in [2.45, 2.75) is 38.7 Å². The van der Waals surface area contributed by atoms with Gasteiger partial charge in [-0.3, -0.25) is 9.59 Å². The van der Waals surface area contributed by atoms with Gasteiger partial charge in [-0.1, -0.05) is 45.0 Å². The lowest BCUT2D eigenvalue weighted by molar-refractivity contribution is -0.144. The number of hydrogen-bond donors (Lipinski definition) is 1. The molecule has 102 valence electrons. The van der Waals surface area contributed by atoms with Gasteiger partial charge in [0, 0.05) is 0 Å². The van der Waals surface area contributed by atoms with Gasteiger partial charge in [-0.2, -0.15) is 0 Å². The maximum absolute atomic E-state index is 11.3. The van der Waals surface area contributed by atoms with Gasteiger partial charge in [0.2, 0.25) is 0 Å². The first kappa shape index (κ1) is 13.6. The number of carbonyl (C=O) groups excluding carboxylic acids is 1. The van der Waals surface area contributed by atoms with Gasteiger partial charge in [0.05, 0.1) is 6.42 Å². The first-order valence-corrected chi connectivity index (χ1v) is 6.32. The van der Waals surface area contributed by atoms with Crippen LogP contribution in [-0.4, -0.2) is 17.0 Å². The van der Waals surface area contributed by atoms with E-state index >= 15 is 0 Å². The van der Waals surface area contributed by atoms with Crippen molar-refractivity contribution in [3.05, 3.63) is 35.4 Å². The second-order valence-electron chi connectivity index (χ2n) is 5.93. The number of aliphatic carboxylic acids is 1. The topological polar surface area (TPSA) is 63.6 Å². The Morgan fingerprint density at radius 3 is 2.32 bits per heavy atom. The van der Waals surface area contributed by atoms with E-state index in [0.717, 1.165) is 11.1 Å². The molecule has 4 nitrogen and oxygen atoms in total. The van der Waals surface area contributed by atoms with E-state index in [1.54, 1.807) is 0 Å². The van der Waals surface area contributed by atoms with E-state index in [0.29, 0.717) is 0 Å². The van der Waals surface area contributed by atoms with Crippen LogP contribution in [0.5, 0.6) is 0 Å². The van der Waals surface area contributed by atoms with Crippen LogP contribution >= 0.6 is 0 Å². The predicted molar refractivity (Wildman–Crippen MR) is 69.7 cm³/mol. The molecule has 2 atom stereocenters. The SMILES string of the molecule is CC(C)(C)c1ccc([C@@H]2OC(=O)C[C@@H]2C(=O)O)cc1. The fraction of sp³-hybridized carbons (Fsp3) is 0.467. The van der Waals surface area contributed by atoms with Gasteiger partial charge in [0.25, 0.3) is 0 Å². The van der Waals surface area contributed by atoms with Gasteiger partial charge >= 0.3 is 11.9 Å². The molecule has 4 heteroatoms. The van der Waals surface area contributed by atoms with Crippen LogP contribution in [0.1, 0.15) is 44.4 Å². The summed E-state index contributed by atoms with van der Waals surface area (Å²) in [5.74, 6) is -2.22. The minimum atomic E-state index is -0.990. The molecule has 1 aromatic carbocycles. The summed E-state index contributed by atoms with van der Waals surface area (Å²) in [5, 5.41) is 9.11. The van der Waals surface area contributed by atoms with Crippen molar-refractivity contribution in [2.24, 2.45) is 5.92 Å². The van der Waals surface area contributed by atoms with Crippen LogP contribution in [0.3, 0.4) is 0 Å². The van der Waals surface area contributed by atoms with E-state index in [1.165, 1.54) is 0 Å². The molecule has 0 amide bonds. The molecule has 19 heavy (non-hydrogen) atoms. The van der Waals surface area contributed by atoms with Gasteiger partial charge in [-0.25, -0.2) is 0 Å². The second kappa shape index (κ2) is 4.68. The van der Waals surface area contributed by atoms with Crippen LogP contribution in [-0.2, 0) is 19.7 Å². The number of rotatable bonds is 2. The fourth-order valence-corrected chi connectivity index (χ4v) is 2.25. The van der Waals surface area contributed by atoms with Crippen molar-refractivity contribution in [3.8, 4) is 0 Å². The van der Waals surface area contributed by atoms with Gasteiger partial charge < -0.3 is 9.84 Å². The van der Waals surface area contributed by atoms with Crippen LogP contribution in [0, 0.1) is 5.92 Å². The molecule has 1 heterocycles. The number of cyclic esters (lactones) is 1. The third-order valence-electron chi connectivity index (χ3n) is 3.43. The van der Waals surface area contributed by atoms with Crippen LogP contribution in [0.15, 0.2) is 24.3 Å². The zero-order valence-electron chi connectivity index (χ0n) is 11.3. The van der Waals surface area contributed by atoms with Crippen LogP contribution in [0.2, 0.25) is 0 Å². The van der Waals surface area contributed by atoms with Crippen LogP contribution in [0.4, 0.5) is 0 Å². The standard InChI is InChI=1S/C15H18O4/c1-15(2,3)10-6-4-9(5-7-10)13-11(14(17)18)8-12(16)19-13/h4-7,11,13H,8H2,1-3H3,(H,17,18)/t11-,13-/m0/s1. The Morgan fingerprint density at radius 2 is 1.84 bits per heavy atom. The Bertz CT molecular complexity index is 496. The van der Waals surface area contributed by atoms with Crippen molar-refractivity contribution in [3.63, 3.8) is 0 Å². The average molecular weight is 262 g/mol. The van der Waals surface area contributed by atoms with E-state index in [9.17, 15) is 9.59 Å². The predicted octanol–water partition coefficient (Wildman–Crippen LogP) is 2.67. The van der Waals surface area contributed by atoms with Crippen molar-refractivity contribution in [2.75, 3.05) is 0 Å². The molecule has 0 bridgehead atoms. The van der Waals surface area contributed by atoms with E-state index in [2.05, 4.69) is 20.8 Å². The summed E-state index contributed by atoms with van der Waals surface area (Å²) in [5.41, 5.74) is 1.94. The maximum Gasteiger partial charge on any atom is 0.311 e. The molecule has 0 spiro atoms. The fourth-order valence-electron chi connectivity index (χ4n) is 2.25. The Kier molecular flexibility index (Phi) is 3.35. The van der Waals surface area contributed by atoms with Gasteiger partial charge in [0.1, 0.15) is 12.0 Å². The number of carboxylic acid groups (broad SMARTS) is 1. The number of benzene rings is 1. The normalized spacial score (nSPS) is 23.2. The number of carboxylic acids is 1. The molecule has 1 aromatic rings. The summed E-state index contributed by atoms with van der Waals surface area (Å²) in [6.45, 7) is 6.33. The zero-order chi connectivity index (χ0) is 14.2. The largest absolute Gasteiger partial charge is 0.481 e. The summed E-state index contributed by atoms with van der Waals surface area (Å²) >= 11 is 0. The lowest BCUT2D eigenvalue weighted by Crippen LogP contribution is -2.18. The highest BCUT2D eigenvalue weighted by Crippen LogP contribution is 2.36. The van der Waals surface area contributed by atoms with E-state index in [1.807, 2.05) is 24.3 Å². The minimum absolute atomic E-state index is 0.0388. The summed E-state index contributed by atoms with van der Waals surface area (Å²) < 4.78 is 5.13. The molecule has 1 aliphatic heterocycles. The van der Waals surface area contributed by atoms with Crippen molar-refractivity contribution >= 4 is 11.9 Å². The van der Waals surface area contributed by atoms with Crippen LogP contribution in [0.25, 0.3) is 0 Å². The Hall–Kier alpha value is -1.84. The first-order chi connectivity index (χ1) is 8.79. The lowest BCUT2D eigenvalue weighted by Gasteiger charge is -2.20. The molecule has 1 aliphatic rings. The van der Waals surface area contributed by atoms with Crippen molar-refractivity contribution in [1.82, 2.24) is 0 Å². The molecule has 0 aromatic heterocycles. The monoisotopic (exact) mass is 262 g/mol. The summed E-state index contributed by atoms with van der Waals surface area (Å²) in [6, 6.07) is 7.61. The zero-order valence-corrected chi connectivity index (χ0v) is 11.3. The number of carbonyl (C=O) groups is 2. The highest BCUT2D eigenvalue weighted by atomic mass is 16.6. The minimum Gasteiger partial charge on any atom is -0.481 e. The Labute approximate surface area is 112 Å². The number of ether oxygens (including phenoxy) is 1. The van der Waals surface area contributed by atoms with Crippen molar-refractivity contribution in [1.29, 1.82) is 0 Å². The Morgan fingerprint density at radius 1 is 1.26 bits per heavy atom. The summed E-state index contributed by atoms with van der Waals surface area (Å²) in [6.07, 6.45) is -0.722.